The minimum atomic E-state index is -3.74. The van der Waals surface area contributed by atoms with Crippen molar-refractivity contribution in [1.29, 1.82) is 0 Å². The third kappa shape index (κ3) is 3.02. The van der Waals surface area contributed by atoms with E-state index in [9.17, 15) is 18.0 Å². The second kappa shape index (κ2) is 6.15. The van der Waals surface area contributed by atoms with Crippen LogP contribution in [-0.4, -0.2) is 48.5 Å². The first-order chi connectivity index (χ1) is 11.3. The average molecular weight is 353 g/mol. The number of hydrogen-bond donors (Lipinski definition) is 2. The molecule has 0 amide bonds. The standard InChI is InChI=1S/C15H19N3O5S/c1-9(2)13-8-18(5-6-23-13)24(21,22)10-3-4-12-11(7-10)14(19)17-15(20)16-12/h3-4,7,9,13H,5-6,8H2,1-2H3,(H2,16,17,19,20). The number of aromatic amines is 2. The van der Waals surface area contributed by atoms with Gasteiger partial charge in [-0.2, -0.15) is 4.31 Å². The Bertz CT molecular complexity index is 977. The Morgan fingerprint density at radius 1 is 1.25 bits per heavy atom. The van der Waals surface area contributed by atoms with E-state index in [4.69, 9.17) is 4.74 Å². The SMILES string of the molecule is CC(C)C1CN(S(=O)(=O)c2ccc3[nH]c(=O)[nH]c(=O)c3c2)CCO1. The molecule has 0 radical (unpaired) electrons. The van der Waals surface area contributed by atoms with Crippen LogP contribution in [0.15, 0.2) is 32.7 Å². The lowest BCUT2D eigenvalue weighted by Gasteiger charge is -2.34. The number of morpholine rings is 1. The zero-order valence-corrected chi connectivity index (χ0v) is 14.2. The molecule has 0 bridgehead atoms. The molecule has 130 valence electrons. The molecule has 24 heavy (non-hydrogen) atoms. The molecule has 2 N–H and O–H groups in total. The number of ether oxygens (including phenoxy) is 1. The summed E-state index contributed by atoms with van der Waals surface area (Å²) in [5.74, 6) is 0.201. The summed E-state index contributed by atoms with van der Waals surface area (Å²) >= 11 is 0. The summed E-state index contributed by atoms with van der Waals surface area (Å²) in [6.07, 6.45) is -0.159. The number of hydrogen-bond acceptors (Lipinski definition) is 5. The van der Waals surface area contributed by atoms with Crippen molar-refractivity contribution in [3.05, 3.63) is 39.0 Å². The van der Waals surface area contributed by atoms with Crippen molar-refractivity contribution in [2.45, 2.75) is 24.8 Å². The molecule has 0 spiro atoms. The third-order valence-electron chi connectivity index (χ3n) is 4.15. The summed E-state index contributed by atoms with van der Waals surface area (Å²) in [4.78, 5) is 27.8. The molecule has 2 heterocycles. The van der Waals surface area contributed by atoms with Gasteiger partial charge in [-0.3, -0.25) is 9.78 Å². The fraction of sp³-hybridized carbons (Fsp3) is 0.467. The summed E-state index contributed by atoms with van der Waals surface area (Å²) < 4.78 is 32.7. The quantitative estimate of drug-likeness (QED) is 0.822. The molecule has 1 unspecified atom stereocenters. The highest BCUT2D eigenvalue weighted by atomic mass is 32.2. The van der Waals surface area contributed by atoms with Gasteiger partial charge in [0.05, 0.1) is 28.5 Å². The van der Waals surface area contributed by atoms with Crippen molar-refractivity contribution in [2.75, 3.05) is 19.7 Å². The number of nitrogens with zero attached hydrogens (tertiary/aromatic N) is 1. The monoisotopic (exact) mass is 353 g/mol. The molecule has 1 aromatic carbocycles. The van der Waals surface area contributed by atoms with Crippen molar-refractivity contribution < 1.29 is 13.2 Å². The second-order valence-corrected chi connectivity index (χ2v) is 8.07. The van der Waals surface area contributed by atoms with Gasteiger partial charge in [-0.1, -0.05) is 13.8 Å². The highest BCUT2D eigenvalue weighted by Crippen LogP contribution is 2.22. The Morgan fingerprint density at radius 2 is 2.00 bits per heavy atom. The Balaban J connectivity index is 2.02. The lowest BCUT2D eigenvalue weighted by Crippen LogP contribution is -2.47. The van der Waals surface area contributed by atoms with Crippen LogP contribution >= 0.6 is 0 Å². The topological polar surface area (TPSA) is 112 Å². The Morgan fingerprint density at radius 3 is 2.71 bits per heavy atom. The van der Waals surface area contributed by atoms with E-state index in [-0.39, 0.29) is 35.4 Å². The third-order valence-corrected chi connectivity index (χ3v) is 6.01. The number of benzene rings is 1. The minimum Gasteiger partial charge on any atom is -0.375 e. The van der Waals surface area contributed by atoms with E-state index in [0.717, 1.165) is 0 Å². The van der Waals surface area contributed by atoms with Crippen molar-refractivity contribution in [3.8, 4) is 0 Å². The molecule has 1 saturated heterocycles. The van der Waals surface area contributed by atoms with Gasteiger partial charge in [-0.15, -0.1) is 0 Å². The molecular formula is C15H19N3O5S. The maximum Gasteiger partial charge on any atom is 0.326 e. The van der Waals surface area contributed by atoms with Crippen LogP contribution in [0, 0.1) is 5.92 Å². The van der Waals surface area contributed by atoms with E-state index in [1.165, 1.54) is 22.5 Å². The largest absolute Gasteiger partial charge is 0.375 e. The number of fused-ring (bicyclic) bond motifs is 1. The summed E-state index contributed by atoms with van der Waals surface area (Å²) in [7, 11) is -3.74. The fourth-order valence-corrected chi connectivity index (χ4v) is 4.19. The second-order valence-electron chi connectivity index (χ2n) is 6.13. The van der Waals surface area contributed by atoms with E-state index in [1.807, 2.05) is 13.8 Å². The number of aromatic nitrogens is 2. The Hall–Kier alpha value is -1.97. The molecule has 1 aromatic heterocycles. The highest BCUT2D eigenvalue weighted by molar-refractivity contribution is 7.89. The maximum absolute atomic E-state index is 12.9. The van der Waals surface area contributed by atoms with Crippen molar-refractivity contribution in [3.63, 3.8) is 0 Å². The predicted octanol–water partition coefficient (Wildman–Crippen LogP) is 0.262. The molecule has 2 aromatic rings. The molecular weight excluding hydrogens is 334 g/mol. The minimum absolute atomic E-state index is 0.0250. The first-order valence-electron chi connectivity index (χ1n) is 7.67. The summed E-state index contributed by atoms with van der Waals surface area (Å²) in [6.45, 7) is 4.84. The number of nitrogens with one attached hydrogen (secondary N) is 2. The van der Waals surface area contributed by atoms with Crippen LogP contribution < -0.4 is 11.2 Å². The van der Waals surface area contributed by atoms with Gasteiger partial charge in [-0.05, 0) is 24.1 Å². The molecule has 8 nitrogen and oxygen atoms in total. The van der Waals surface area contributed by atoms with Crippen LogP contribution in [-0.2, 0) is 14.8 Å². The van der Waals surface area contributed by atoms with E-state index < -0.39 is 21.3 Å². The summed E-state index contributed by atoms with van der Waals surface area (Å²) in [5.41, 5.74) is -0.950. The van der Waals surface area contributed by atoms with Crippen molar-refractivity contribution >= 4 is 20.9 Å². The zero-order valence-electron chi connectivity index (χ0n) is 13.4. The van der Waals surface area contributed by atoms with Gasteiger partial charge in [-0.25, -0.2) is 13.2 Å². The Kier molecular flexibility index (Phi) is 4.33. The number of H-pyrrole nitrogens is 2. The van der Waals surface area contributed by atoms with Gasteiger partial charge in [0.25, 0.3) is 5.56 Å². The smallest absolute Gasteiger partial charge is 0.326 e. The van der Waals surface area contributed by atoms with Gasteiger partial charge >= 0.3 is 5.69 Å². The van der Waals surface area contributed by atoms with Gasteiger partial charge in [0.2, 0.25) is 10.0 Å². The molecule has 1 aliphatic heterocycles. The molecule has 3 rings (SSSR count). The number of rotatable bonds is 3. The number of sulfonamides is 1. The van der Waals surface area contributed by atoms with E-state index in [1.54, 1.807) is 0 Å². The lowest BCUT2D eigenvalue weighted by atomic mass is 10.1. The Labute approximate surface area is 138 Å². The van der Waals surface area contributed by atoms with Gasteiger partial charge in [0, 0.05) is 13.1 Å². The fourth-order valence-electron chi connectivity index (χ4n) is 2.73. The maximum atomic E-state index is 12.9. The van der Waals surface area contributed by atoms with Crippen LogP contribution in [0.25, 0.3) is 10.9 Å². The molecule has 1 aliphatic rings. The molecule has 1 fully saturated rings. The van der Waals surface area contributed by atoms with E-state index in [0.29, 0.717) is 12.1 Å². The summed E-state index contributed by atoms with van der Waals surface area (Å²) in [6, 6.07) is 4.12. The van der Waals surface area contributed by atoms with Gasteiger partial charge < -0.3 is 9.72 Å². The first-order valence-corrected chi connectivity index (χ1v) is 9.11. The average Bonchev–Trinajstić information content (AvgIpc) is 2.54. The van der Waals surface area contributed by atoms with Crippen LogP contribution in [0.5, 0.6) is 0 Å². The molecule has 9 heteroatoms. The van der Waals surface area contributed by atoms with Gasteiger partial charge in [0.1, 0.15) is 0 Å². The normalized spacial score (nSPS) is 19.9. The molecule has 0 aliphatic carbocycles. The van der Waals surface area contributed by atoms with E-state index >= 15 is 0 Å². The van der Waals surface area contributed by atoms with E-state index in [2.05, 4.69) is 9.97 Å². The predicted molar refractivity (Wildman–Crippen MR) is 88.5 cm³/mol. The van der Waals surface area contributed by atoms with Crippen LogP contribution in [0.2, 0.25) is 0 Å². The van der Waals surface area contributed by atoms with Crippen molar-refractivity contribution in [1.82, 2.24) is 14.3 Å². The first kappa shape index (κ1) is 16.9. The molecule has 0 saturated carbocycles. The zero-order chi connectivity index (χ0) is 17.5. The van der Waals surface area contributed by atoms with Crippen LogP contribution in [0.3, 0.4) is 0 Å². The lowest BCUT2D eigenvalue weighted by molar-refractivity contribution is -0.0263. The molecule has 1 atom stereocenters. The summed E-state index contributed by atoms with van der Waals surface area (Å²) in [5, 5.41) is 0.129. The van der Waals surface area contributed by atoms with Crippen LogP contribution in [0.1, 0.15) is 13.8 Å². The van der Waals surface area contributed by atoms with Crippen LogP contribution in [0.4, 0.5) is 0 Å². The highest BCUT2D eigenvalue weighted by Gasteiger charge is 2.32. The van der Waals surface area contributed by atoms with Crippen molar-refractivity contribution in [2.24, 2.45) is 5.92 Å². The van der Waals surface area contributed by atoms with Gasteiger partial charge in [0.15, 0.2) is 0 Å².